The maximum atomic E-state index is 6.06. The second-order valence-corrected chi connectivity index (χ2v) is 4.59. The van der Waals surface area contributed by atoms with Crippen molar-refractivity contribution in [3.05, 3.63) is 30.3 Å². The Morgan fingerprint density at radius 1 is 1.29 bits per heavy atom. The fourth-order valence-corrected chi connectivity index (χ4v) is 1.86. The largest absolute Gasteiger partial charge is 0.492 e. The summed E-state index contributed by atoms with van der Waals surface area (Å²) in [7, 11) is 3.69. The summed E-state index contributed by atoms with van der Waals surface area (Å²) in [5, 5.41) is 0.0294. The molecule has 0 amide bonds. The fourth-order valence-electron chi connectivity index (χ4n) is 1.50. The predicted molar refractivity (Wildman–Crippen MR) is 71.0 cm³/mol. The molecule has 3 nitrogen and oxygen atoms in total. The van der Waals surface area contributed by atoms with E-state index in [0.717, 1.165) is 18.8 Å². The predicted octanol–water partition coefficient (Wildman–Crippen LogP) is 2.25. The minimum atomic E-state index is 0.0294. The molecule has 4 heteroatoms. The van der Waals surface area contributed by atoms with Crippen molar-refractivity contribution in [3.8, 4) is 5.75 Å². The van der Waals surface area contributed by atoms with Crippen LogP contribution < -0.4 is 4.74 Å². The van der Waals surface area contributed by atoms with Gasteiger partial charge in [0.2, 0.25) is 0 Å². The first-order valence-electron chi connectivity index (χ1n) is 5.71. The lowest BCUT2D eigenvalue weighted by Crippen LogP contribution is -2.31. The number of hydrogen-bond donors (Lipinski definition) is 0. The SMILES string of the molecule is COCC(Cl)CN(C)CCOc1ccccc1. The van der Waals surface area contributed by atoms with Gasteiger partial charge in [-0.1, -0.05) is 18.2 Å². The smallest absolute Gasteiger partial charge is 0.119 e. The Morgan fingerprint density at radius 2 is 2.00 bits per heavy atom. The van der Waals surface area contributed by atoms with Crippen LogP contribution in [0.4, 0.5) is 0 Å². The summed E-state index contributed by atoms with van der Waals surface area (Å²) in [4.78, 5) is 2.14. The molecule has 0 aliphatic rings. The van der Waals surface area contributed by atoms with E-state index in [9.17, 15) is 0 Å². The van der Waals surface area contributed by atoms with Crippen LogP contribution >= 0.6 is 11.6 Å². The Hall–Kier alpha value is -0.770. The monoisotopic (exact) mass is 257 g/mol. The van der Waals surface area contributed by atoms with E-state index in [4.69, 9.17) is 21.1 Å². The van der Waals surface area contributed by atoms with Crippen LogP contribution in [0.3, 0.4) is 0 Å². The molecular formula is C13H20ClNO2. The Kier molecular flexibility index (Phi) is 7.01. The number of nitrogens with zero attached hydrogens (tertiary/aromatic N) is 1. The zero-order valence-corrected chi connectivity index (χ0v) is 11.2. The summed E-state index contributed by atoms with van der Waals surface area (Å²) in [6.07, 6.45) is 0. The van der Waals surface area contributed by atoms with Crippen LogP contribution in [0.5, 0.6) is 5.75 Å². The standard InChI is InChI=1S/C13H20ClNO2/c1-15(10-12(14)11-16-2)8-9-17-13-6-4-3-5-7-13/h3-7,12H,8-11H2,1-2H3. The van der Waals surface area contributed by atoms with Gasteiger partial charge in [-0.05, 0) is 19.2 Å². The van der Waals surface area contributed by atoms with Crippen LogP contribution in [-0.4, -0.2) is 50.7 Å². The highest BCUT2D eigenvalue weighted by molar-refractivity contribution is 6.20. The maximum Gasteiger partial charge on any atom is 0.119 e. The zero-order valence-electron chi connectivity index (χ0n) is 10.4. The van der Waals surface area contributed by atoms with Crippen molar-refractivity contribution in [1.82, 2.24) is 4.90 Å². The molecule has 0 aliphatic carbocycles. The second kappa shape index (κ2) is 8.34. The lowest BCUT2D eigenvalue weighted by molar-refractivity contribution is 0.175. The summed E-state index contributed by atoms with van der Waals surface area (Å²) in [5.74, 6) is 0.903. The number of para-hydroxylation sites is 1. The van der Waals surface area contributed by atoms with Gasteiger partial charge in [-0.3, -0.25) is 0 Å². The number of halogens is 1. The first-order chi connectivity index (χ1) is 8.22. The summed E-state index contributed by atoms with van der Waals surface area (Å²) in [6.45, 7) is 2.89. The van der Waals surface area contributed by atoms with Gasteiger partial charge in [0, 0.05) is 20.2 Å². The van der Waals surface area contributed by atoms with E-state index >= 15 is 0 Å². The van der Waals surface area contributed by atoms with Gasteiger partial charge in [0.1, 0.15) is 12.4 Å². The molecule has 1 aromatic carbocycles. The molecule has 0 heterocycles. The zero-order chi connectivity index (χ0) is 12.5. The molecule has 1 aromatic rings. The van der Waals surface area contributed by atoms with E-state index < -0.39 is 0 Å². The van der Waals surface area contributed by atoms with Crippen molar-refractivity contribution in [2.45, 2.75) is 5.38 Å². The lowest BCUT2D eigenvalue weighted by atomic mass is 10.3. The highest BCUT2D eigenvalue weighted by Gasteiger charge is 2.07. The molecule has 0 aromatic heterocycles. The van der Waals surface area contributed by atoms with Gasteiger partial charge in [-0.15, -0.1) is 11.6 Å². The number of ether oxygens (including phenoxy) is 2. The Bertz CT molecular complexity index is 295. The van der Waals surface area contributed by atoms with Gasteiger partial charge in [0.15, 0.2) is 0 Å². The van der Waals surface area contributed by atoms with Crippen LogP contribution in [0.1, 0.15) is 0 Å². The molecular weight excluding hydrogens is 238 g/mol. The second-order valence-electron chi connectivity index (χ2n) is 3.98. The van der Waals surface area contributed by atoms with Crippen LogP contribution in [-0.2, 0) is 4.74 Å². The molecule has 0 radical (unpaired) electrons. The first kappa shape index (κ1) is 14.3. The Balaban J connectivity index is 2.14. The molecule has 17 heavy (non-hydrogen) atoms. The normalized spacial score (nSPS) is 12.7. The molecule has 0 fully saturated rings. The molecule has 1 unspecified atom stereocenters. The average molecular weight is 258 g/mol. The molecule has 96 valence electrons. The van der Waals surface area contributed by atoms with Crippen molar-refractivity contribution in [2.24, 2.45) is 0 Å². The number of methoxy groups -OCH3 is 1. The molecule has 1 rings (SSSR count). The summed E-state index contributed by atoms with van der Waals surface area (Å²) >= 11 is 6.06. The Morgan fingerprint density at radius 3 is 2.65 bits per heavy atom. The van der Waals surface area contributed by atoms with E-state index in [2.05, 4.69) is 4.90 Å². The van der Waals surface area contributed by atoms with Gasteiger partial charge in [0.05, 0.1) is 12.0 Å². The maximum absolute atomic E-state index is 6.06. The van der Waals surface area contributed by atoms with Crippen molar-refractivity contribution in [2.75, 3.05) is 40.5 Å². The van der Waals surface area contributed by atoms with Crippen LogP contribution in [0.2, 0.25) is 0 Å². The minimum Gasteiger partial charge on any atom is -0.492 e. The minimum absolute atomic E-state index is 0.0294. The van der Waals surface area contributed by atoms with Crippen molar-refractivity contribution in [1.29, 1.82) is 0 Å². The topological polar surface area (TPSA) is 21.7 Å². The van der Waals surface area contributed by atoms with Gasteiger partial charge < -0.3 is 14.4 Å². The van der Waals surface area contributed by atoms with Crippen LogP contribution in [0.25, 0.3) is 0 Å². The third kappa shape index (κ3) is 6.51. The van der Waals surface area contributed by atoms with Gasteiger partial charge in [-0.25, -0.2) is 0 Å². The molecule has 0 saturated carbocycles. The quantitative estimate of drug-likeness (QED) is 0.667. The third-order valence-corrected chi connectivity index (χ3v) is 2.61. The van der Waals surface area contributed by atoms with Gasteiger partial charge in [-0.2, -0.15) is 0 Å². The Labute approximate surface area is 108 Å². The summed E-state index contributed by atoms with van der Waals surface area (Å²) < 4.78 is 10.6. The number of benzene rings is 1. The van der Waals surface area contributed by atoms with Crippen LogP contribution in [0, 0.1) is 0 Å². The van der Waals surface area contributed by atoms with E-state index in [-0.39, 0.29) is 5.38 Å². The summed E-state index contributed by atoms with van der Waals surface area (Å²) in [6, 6.07) is 9.81. The third-order valence-electron chi connectivity index (χ3n) is 2.34. The van der Waals surface area contributed by atoms with E-state index in [1.54, 1.807) is 7.11 Å². The highest BCUT2D eigenvalue weighted by atomic mass is 35.5. The molecule has 0 saturated heterocycles. The van der Waals surface area contributed by atoms with Gasteiger partial charge in [0.25, 0.3) is 0 Å². The van der Waals surface area contributed by atoms with Crippen molar-refractivity contribution < 1.29 is 9.47 Å². The van der Waals surface area contributed by atoms with Gasteiger partial charge >= 0.3 is 0 Å². The molecule has 0 spiro atoms. The summed E-state index contributed by atoms with van der Waals surface area (Å²) in [5.41, 5.74) is 0. The first-order valence-corrected chi connectivity index (χ1v) is 6.15. The van der Waals surface area contributed by atoms with E-state index in [1.807, 2.05) is 37.4 Å². The molecule has 0 aliphatic heterocycles. The fraction of sp³-hybridized carbons (Fsp3) is 0.538. The highest BCUT2D eigenvalue weighted by Crippen LogP contribution is 2.08. The van der Waals surface area contributed by atoms with Crippen molar-refractivity contribution >= 4 is 11.6 Å². The molecule has 0 bridgehead atoms. The van der Waals surface area contributed by atoms with E-state index in [0.29, 0.717) is 13.2 Å². The van der Waals surface area contributed by atoms with E-state index in [1.165, 1.54) is 0 Å². The van der Waals surface area contributed by atoms with Crippen molar-refractivity contribution in [3.63, 3.8) is 0 Å². The number of alkyl halides is 1. The molecule has 1 atom stereocenters. The van der Waals surface area contributed by atoms with Crippen LogP contribution in [0.15, 0.2) is 30.3 Å². The lowest BCUT2D eigenvalue weighted by Gasteiger charge is -2.19. The number of hydrogen-bond acceptors (Lipinski definition) is 3. The average Bonchev–Trinajstić information content (AvgIpc) is 2.30. The molecule has 0 N–H and O–H groups in total. The number of likely N-dealkylation sites (N-methyl/N-ethyl adjacent to an activating group) is 1. The number of rotatable bonds is 8.